The monoisotopic (exact) mass is 289 g/mol. The van der Waals surface area contributed by atoms with E-state index >= 15 is 0 Å². The number of carbonyl (C=O) groups excluding carboxylic acids is 1. The lowest BCUT2D eigenvalue weighted by atomic mass is 10.0. The van der Waals surface area contributed by atoms with Gasteiger partial charge in [0.2, 0.25) is 5.91 Å². The number of amides is 1. The van der Waals surface area contributed by atoms with Crippen LogP contribution in [0.2, 0.25) is 0 Å². The van der Waals surface area contributed by atoms with Crippen molar-refractivity contribution in [1.82, 2.24) is 5.32 Å². The van der Waals surface area contributed by atoms with Crippen molar-refractivity contribution >= 4 is 5.91 Å². The molecule has 0 aliphatic heterocycles. The normalized spacial score (nSPS) is 12.6. The SMILES string of the molecule is CCC(CC)C(=O)N[C@H](CO)c1cc(F)c(F)c(F)c1. The molecule has 0 bridgehead atoms. The Bertz CT molecular complexity index is 452. The molecule has 1 atom stereocenters. The maximum absolute atomic E-state index is 13.2. The second kappa shape index (κ2) is 7.28. The number of aliphatic hydroxyl groups is 1. The first-order valence-corrected chi connectivity index (χ1v) is 6.50. The lowest BCUT2D eigenvalue weighted by molar-refractivity contribution is -0.126. The molecule has 2 N–H and O–H groups in total. The number of hydrogen-bond donors (Lipinski definition) is 2. The summed E-state index contributed by atoms with van der Waals surface area (Å²) in [6, 6.07) is 0.576. The van der Waals surface area contributed by atoms with E-state index in [0.29, 0.717) is 12.8 Å². The zero-order valence-corrected chi connectivity index (χ0v) is 11.4. The van der Waals surface area contributed by atoms with Crippen molar-refractivity contribution in [2.24, 2.45) is 5.92 Å². The van der Waals surface area contributed by atoms with Crippen molar-refractivity contribution in [2.75, 3.05) is 6.61 Å². The Hall–Kier alpha value is -1.56. The average Bonchev–Trinajstić information content (AvgIpc) is 2.42. The van der Waals surface area contributed by atoms with E-state index in [1.165, 1.54) is 0 Å². The molecule has 0 unspecified atom stereocenters. The molecule has 0 radical (unpaired) electrons. The van der Waals surface area contributed by atoms with E-state index in [2.05, 4.69) is 5.32 Å². The van der Waals surface area contributed by atoms with Crippen LogP contribution in [0.4, 0.5) is 13.2 Å². The van der Waals surface area contributed by atoms with Gasteiger partial charge in [0, 0.05) is 5.92 Å². The summed E-state index contributed by atoms with van der Waals surface area (Å²) in [7, 11) is 0. The van der Waals surface area contributed by atoms with Crippen LogP contribution < -0.4 is 5.32 Å². The number of carbonyl (C=O) groups is 1. The van der Waals surface area contributed by atoms with Crippen molar-refractivity contribution in [3.8, 4) is 0 Å². The summed E-state index contributed by atoms with van der Waals surface area (Å²) in [5, 5.41) is 11.8. The predicted molar refractivity (Wildman–Crippen MR) is 68.4 cm³/mol. The number of benzene rings is 1. The van der Waals surface area contributed by atoms with Gasteiger partial charge in [-0.15, -0.1) is 0 Å². The van der Waals surface area contributed by atoms with E-state index in [4.69, 9.17) is 0 Å². The molecule has 0 aliphatic carbocycles. The minimum Gasteiger partial charge on any atom is -0.394 e. The summed E-state index contributed by atoms with van der Waals surface area (Å²) in [5.41, 5.74) is -0.0109. The van der Waals surface area contributed by atoms with Crippen LogP contribution in [0, 0.1) is 23.4 Å². The van der Waals surface area contributed by atoms with Gasteiger partial charge in [0.1, 0.15) is 0 Å². The van der Waals surface area contributed by atoms with Crippen LogP contribution in [0.25, 0.3) is 0 Å². The van der Waals surface area contributed by atoms with Crippen molar-refractivity contribution in [2.45, 2.75) is 32.7 Å². The van der Waals surface area contributed by atoms with Crippen LogP contribution >= 0.6 is 0 Å². The minimum atomic E-state index is -1.57. The van der Waals surface area contributed by atoms with E-state index < -0.39 is 30.1 Å². The Morgan fingerprint density at radius 1 is 1.20 bits per heavy atom. The smallest absolute Gasteiger partial charge is 0.223 e. The van der Waals surface area contributed by atoms with Gasteiger partial charge in [0.15, 0.2) is 17.5 Å². The van der Waals surface area contributed by atoms with E-state index in [1.807, 2.05) is 13.8 Å². The minimum absolute atomic E-state index is 0.0109. The maximum Gasteiger partial charge on any atom is 0.223 e. The zero-order chi connectivity index (χ0) is 15.3. The van der Waals surface area contributed by atoms with Crippen LogP contribution in [0.3, 0.4) is 0 Å². The van der Waals surface area contributed by atoms with Crippen molar-refractivity contribution < 1.29 is 23.1 Å². The summed E-state index contributed by atoms with van der Waals surface area (Å²) >= 11 is 0. The van der Waals surface area contributed by atoms with Crippen LogP contribution in [0.5, 0.6) is 0 Å². The second-order valence-electron chi connectivity index (χ2n) is 4.56. The van der Waals surface area contributed by atoms with Gasteiger partial charge < -0.3 is 10.4 Å². The lowest BCUT2D eigenvalue weighted by Gasteiger charge is -2.20. The molecule has 1 amide bonds. The third kappa shape index (κ3) is 3.72. The highest BCUT2D eigenvalue weighted by Gasteiger charge is 2.21. The number of hydrogen-bond acceptors (Lipinski definition) is 2. The first-order chi connectivity index (χ1) is 9.44. The molecule has 6 heteroatoms. The molecule has 112 valence electrons. The van der Waals surface area contributed by atoms with Gasteiger partial charge in [-0.1, -0.05) is 13.8 Å². The summed E-state index contributed by atoms with van der Waals surface area (Å²) in [5.74, 6) is -4.82. The first-order valence-electron chi connectivity index (χ1n) is 6.50. The average molecular weight is 289 g/mol. The summed E-state index contributed by atoms with van der Waals surface area (Å²) in [4.78, 5) is 11.9. The van der Waals surface area contributed by atoms with Gasteiger partial charge in [-0.25, -0.2) is 13.2 Å². The van der Waals surface area contributed by atoms with Gasteiger partial charge in [0.25, 0.3) is 0 Å². The fraction of sp³-hybridized carbons (Fsp3) is 0.500. The highest BCUT2D eigenvalue weighted by atomic mass is 19.2. The number of rotatable bonds is 6. The fourth-order valence-corrected chi connectivity index (χ4v) is 1.96. The van der Waals surface area contributed by atoms with Gasteiger partial charge in [0.05, 0.1) is 12.6 Å². The molecule has 1 aromatic rings. The molecule has 20 heavy (non-hydrogen) atoms. The van der Waals surface area contributed by atoms with Gasteiger partial charge in [-0.2, -0.15) is 0 Å². The number of nitrogens with one attached hydrogen (secondary N) is 1. The molecule has 0 heterocycles. The molecular formula is C14H18F3NO2. The Morgan fingerprint density at radius 2 is 1.70 bits per heavy atom. The van der Waals surface area contributed by atoms with Crippen LogP contribution in [-0.2, 0) is 4.79 Å². The third-order valence-electron chi connectivity index (χ3n) is 3.26. The van der Waals surface area contributed by atoms with Crippen LogP contribution in [0.15, 0.2) is 12.1 Å². The van der Waals surface area contributed by atoms with Crippen LogP contribution in [-0.4, -0.2) is 17.6 Å². The molecule has 0 aliphatic rings. The Balaban J connectivity index is 2.94. The fourth-order valence-electron chi connectivity index (χ4n) is 1.96. The first kappa shape index (κ1) is 16.5. The third-order valence-corrected chi connectivity index (χ3v) is 3.26. The van der Waals surface area contributed by atoms with Crippen molar-refractivity contribution in [3.05, 3.63) is 35.1 Å². The van der Waals surface area contributed by atoms with Crippen molar-refractivity contribution in [1.29, 1.82) is 0 Å². The predicted octanol–water partition coefficient (Wildman–Crippen LogP) is 2.69. The highest BCUT2D eigenvalue weighted by molar-refractivity contribution is 5.79. The van der Waals surface area contributed by atoms with Crippen LogP contribution in [0.1, 0.15) is 38.3 Å². The Morgan fingerprint density at radius 3 is 2.10 bits per heavy atom. The molecule has 0 saturated heterocycles. The molecule has 0 fully saturated rings. The van der Waals surface area contributed by atoms with Gasteiger partial charge in [-0.3, -0.25) is 4.79 Å². The second-order valence-corrected chi connectivity index (χ2v) is 4.56. The summed E-state index contributed by atoms with van der Waals surface area (Å²) in [6.07, 6.45) is 1.24. The lowest BCUT2D eigenvalue weighted by Crippen LogP contribution is -2.35. The summed E-state index contributed by atoms with van der Waals surface area (Å²) < 4.78 is 39.2. The molecule has 0 spiro atoms. The zero-order valence-electron chi connectivity index (χ0n) is 11.4. The van der Waals surface area contributed by atoms with Gasteiger partial charge >= 0.3 is 0 Å². The number of halogens is 3. The van der Waals surface area contributed by atoms with E-state index in [1.54, 1.807) is 0 Å². The van der Waals surface area contributed by atoms with E-state index in [0.717, 1.165) is 12.1 Å². The van der Waals surface area contributed by atoms with Crippen molar-refractivity contribution in [3.63, 3.8) is 0 Å². The molecule has 1 rings (SSSR count). The topological polar surface area (TPSA) is 49.3 Å². The quantitative estimate of drug-likeness (QED) is 0.791. The van der Waals surface area contributed by atoms with E-state index in [-0.39, 0.29) is 17.4 Å². The molecule has 1 aromatic carbocycles. The molecule has 0 aromatic heterocycles. The Kier molecular flexibility index (Phi) is 6.01. The Labute approximate surface area is 115 Å². The van der Waals surface area contributed by atoms with Gasteiger partial charge in [-0.05, 0) is 30.5 Å². The molecular weight excluding hydrogens is 271 g/mol. The van der Waals surface area contributed by atoms with E-state index in [9.17, 15) is 23.1 Å². The molecule has 3 nitrogen and oxygen atoms in total. The number of aliphatic hydroxyl groups excluding tert-OH is 1. The summed E-state index contributed by atoms with van der Waals surface area (Å²) in [6.45, 7) is 3.16. The highest BCUT2D eigenvalue weighted by Crippen LogP contribution is 2.20. The molecule has 0 saturated carbocycles. The maximum atomic E-state index is 13.2. The standard InChI is InChI=1S/C14H18F3NO2/c1-3-8(4-2)14(20)18-12(7-19)9-5-10(15)13(17)11(16)6-9/h5-6,8,12,19H,3-4,7H2,1-2H3,(H,18,20)/t12-/m1/s1. The largest absolute Gasteiger partial charge is 0.394 e.